The van der Waals surface area contributed by atoms with Gasteiger partial charge in [0.05, 0.1) is 22.0 Å². The minimum absolute atomic E-state index is 0.00525. The second kappa shape index (κ2) is 5.25. The number of carbonyl (C=O) groups excluding carboxylic acids is 1. The quantitative estimate of drug-likeness (QED) is 0.871. The number of aryl methyl sites for hydroxylation is 1. The van der Waals surface area contributed by atoms with Crippen molar-refractivity contribution in [1.29, 1.82) is 0 Å². The summed E-state index contributed by atoms with van der Waals surface area (Å²) in [5, 5.41) is 0. The zero-order chi connectivity index (χ0) is 14.1. The van der Waals surface area contributed by atoms with Crippen LogP contribution in [0.25, 0.3) is 0 Å². The molecule has 0 fully saturated rings. The lowest BCUT2D eigenvalue weighted by molar-refractivity contribution is -0.116. The van der Waals surface area contributed by atoms with Gasteiger partial charge in [-0.1, -0.05) is 18.2 Å². The summed E-state index contributed by atoms with van der Waals surface area (Å²) in [7, 11) is -1.35. The normalized spacial score (nSPS) is 15.2. The monoisotopic (exact) mass is 289 g/mol. The van der Waals surface area contributed by atoms with E-state index < -0.39 is 10.8 Å². The first-order chi connectivity index (χ1) is 9.66. The van der Waals surface area contributed by atoms with Gasteiger partial charge in [0.25, 0.3) is 0 Å². The number of fused-ring (bicyclic) bond motifs is 1. The summed E-state index contributed by atoms with van der Waals surface area (Å²) in [5.41, 5.74) is 2.12. The Hall–Kier alpha value is -1.88. The Morgan fingerprint density at radius 3 is 2.90 bits per heavy atom. The molecule has 20 heavy (non-hydrogen) atoms. The van der Waals surface area contributed by atoms with Gasteiger partial charge in [0, 0.05) is 12.2 Å². The maximum Gasteiger partial charge on any atom is 0.239 e. The van der Waals surface area contributed by atoms with E-state index >= 15 is 0 Å². The van der Waals surface area contributed by atoms with Gasteiger partial charge in [-0.25, -0.2) is 0 Å². The fraction of sp³-hybridized carbons (Fsp3) is 0.267. The predicted octanol–water partition coefficient (Wildman–Crippen LogP) is 2.28. The van der Waals surface area contributed by atoms with Gasteiger partial charge in [0.2, 0.25) is 5.91 Å². The summed E-state index contributed by atoms with van der Waals surface area (Å²) < 4.78 is 17.3. The Morgan fingerprint density at radius 1 is 1.35 bits per heavy atom. The number of hydrogen-bond donors (Lipinski definition) is 0. The highest BCUT2D eigenvalue weighted by Gasteiger charge is 2.26. The fourth-order valence-corrected chi connectivity index (χ4v) is 3.59. The van der Waals surface area contributed by atoms with Crippen molar-refractivity contribution < 1.29 is 13.4 Å². The Bertz CT molecular complexity index is 677. The lowest BCUT2D eigenvalue weighted by Crippen LogP contribution is -2.32. The van der Waals surface area contributed by atoms with Crippen molar-refractivity contribution in [2.75, 3.05) is 17.2 Å². The minimum Gasteiger partial charge on any atom is -0.468 e. The average molecular weight is 289 g/mol. The average Bonchev–Trinajstić information content (AvgIpc) is 3.04. The molecule has 1 aromatic carbocycles. The molecule has 104 valence electrons. The largest absolute Gasteiger partial charge is 0.468 e. The Morgan fingerprint density at radius 2 is 2.15 bits per heavy atom. The van der Waals surface area contributed by atoms with Gasteiger partial charge in [-0.2, -0.15) is 0 Å². The molecule has 0 N–H and O–H groups in total. The van der Waals surface area contributed by atoms with Gasteiger partial charge >= 0.3 is 0 Å². The van der Waals surface area contributed by atoms with E-state index in [9.17, 15) is 9.00 Å². The summed E-state index contributed by atoms with van der Waals surface area (Å²) in [4.78, 5) is 14.7. The third-order valence-corrected chi connectivity index (χ3v) is 4.92. The van der Waals surface area contributed by atoms with Gasteiger partial charge in [0.1, 0.15) is 11.5 Å². The molecule has 1 amide bonds. The molecular formula is C15H15NO3S. The smallest absolute Gasteiger partial charge is 0.239 e. The maximum atomic E-state index is 12.3. The van der Waals surface area contributed by atoms with Crippen LogP contribution in [0.4, 0.5) is 5.69 Å². The highest BCUT2D eigenvalue weighted by Crippen LogP contribution is 2.27. The van der Waals surface area contributed by atoms with Gasteiger partial charge < -0.3 is 9.32 Å². The standard InChI is InChI=1S/C15H15NO3S/c1-11-14(7-9-19-11)20(18)10-15(17)16-8-6-12-4-2-3-5-13(12)16/h2-5,7,9H,6,8,10H2,1H3/t20-/m1/s1. The topological polar surface area (TPSA) is 50.5 Å². The van der Waals surface area contributed by atoms with Gasteiger partial charge in [-0.3, -0.25) is 9.00 Å². The SMILES string of the molecule is Cc1occc1[S@](=O)CC(=O)N1CCc2ccccc21. The van der Waals surface area contributed by atoms with Crippen molar-refractivity contribution in [2.24, 2.45) is 0 Å². The lowest BCUT2D eigenvalue weighted by atomic mass is 10.2. The number of rotatable bonds is 3. The first kappa shape index (κ1) is 13.1. The number of hydrogen-bond acceptors (Lipinski definition) is 3. The zero-order valence-electron chi connectivity index (χ0n) is 11.2. The second-order valence-corrected chi connectivity index (χ2v) is 6.17. The van der Waals surface area contributed by atoms with Crippen molar-refractivity contribution in [3.05, 3.63) is 47.9 Å². The van der Waals surface area contributed by atoms with E-state index in [4.69, 9.17) is 4.42 Å². The Labute approximate surface area is 119 Å². The molecule has 0 bridgehead atoms. The van der Waals surface area contributed by atoms with Crippen LogP contribution < -0.4 is 4.90 Å². The van der Waals surface area contributed by atoms with Crippen LogP contribution in [-0.4, -0.2) is 22.4 Å². The third kappa shape index (κ3) is 2.29. The minimum atomic E-state index is -1.35. The van der Waals surface area contributed by atoms with Crippen LogP contribution in [-0.2, 0) is 22.0 Å². The molecule has 1 atom stereocenters. The third-order valence-electron chi connectivity index (χ3n) is 3.50. The number of para-hydroxylation sites is 1. The number of anilines is 1. The highest BCUT2D eigenvalue weighted by atomic mass is 32.2. The first-order valence-corrected chi connectivity index (χ1v) is 7.79. The number of furan rings is 1. The van der Waals surface area contributed by atoms with Crippen LogP contribution in [0.1, 0.15) is 11.3 Å². The van der Waals surface area contributed by atoms with Gasteiger partial charge in [-0.15, -0.1) is 0 Å². The number of benzene rings is 1. The van der Waals surface area contributed by atoms with E-state index in [0.717, 1.165) is 12.1 Å². The van der Waals surface area contributed by atoms with E-state index in [-0.39, 0.29) is 11.7 Å². The lowest BCUT2D eigenvalue weighted by Gasteiger charge is -2.16. The molecule has 0 saturated carbocycles. The van der Waals surface area contributed by atoms with Crippen molar-refractivity contribution >= 4 is 22.4 Å². The summed E-state index contributed by atoms with van der Waals surface area (Å²) in [6, 6.07) is 9.52. The van der Waals surface area contributed by atoms with Crippen LogP contribution in [0.15, 0.2) is 45.9 Å². The fourth-order valence-electron chi connectivity index (χ4n) is 2.47. The number of carbonyl (C=O) groups is 1. The van der Waals surface area contributed by atoms with E-state index in [1.54, 1.807) is 17.9 Å². The molecule has 0 aliphatic carbocycles. The molecule has 1 aliphatic heterocycles. The van der Waals surface area contributed by atoms with Crippen molar-refractivity contribution in [1.82, 2.24) is 0 Å². The summed E-state index contributed by atoms with van der Waals surface area (Å²) in [6.45, 7) is 2.42. The molecule has 3 rings (SSSR count). The van der Waals surface area contributed by atoms with Gasteiger partial charge in [-0.05, 0) is 31.0 Å². The van der Waals surface area contributed by atoms with Gasteiger partial charge in [0.15, 0.2) is 0 Å². The van der Waals surface area contributed by atoms with Crippen LogP contribution >= 0.6 is 0 Å². The molecule has 0 spiro atoms. The van der Waals surface area contributed by atoms with Crippen LogP contribution in [0, 0.1) is 6.92 Å². The molecule has 4 nitrogen and oxygen atoms in total. The summed E-state index contributed by atoms with van der Waals surface area (Å²) in [5.74, 6) is 0.501. The van der Waals surface area contributed by atoms with Crippen LogP contribution in [0.5, 0.6) is 0 Å². The predicted molar refractivity (Wildman–Crippen MR) is 77.2 cm³/mol. The van der Waals surface area contributed by atoms with Crippen LogP contribution in [0.2, 0.25) is 0 Å². The van der Waals surface area contributed by atoms with Crippen molar-refractivity contribution in [3.63, 3.8) is 0 Å². The highest BCUT2D eigenvalue weighted by molar-refractivity contribution is 7.85. The molecule has 1 aromatic heterocycles. The van der Waals surface area contributed by atoms with E-state index in [1.807, 2.05) is 24.3 Å². The molecule has 2 heterocycles. The zero-order valence-corrected chi connectivity index (χ0v) is 12.0. The summed E-state index contributed by atoms with van der Waals surface area (Å²) >= 11 is 0. The van der Waals surface area contributed by atoms with E-state index in [2.05, 4.69) is 0 Å². The number of nitrogens with zero attached hydrogens (tertiary/aromatic N) is 1. The van der Waals surface area contributed by atoms with Crippen molar-refractivity contribution in [3.8, 4) is 0 Å². The van der Waals surface area contributed by atoms with E-state index in [0.29, 0.717) is 17.2 Å². The molecule has 0 saturated heterocycles. The molecule has 0 radical (unpaired) electrons. The Balaban J connectivity index is 1.75. The first-order valence-electron chi connectivity index (χ1n) is 6.47. The molecule has 5 heteroatoms. The van der Waals surface area contributed by atoms with Crippen LogP contribution in [0.3, 0.4) is 0 Å². The molecule has 2 aromatic rings. The second-order valence-electron chi connectivity index (χ2n) is 4.75. The Kier molecular flexibility index (Phi) is 3.44. The molecular weight excluding hydrogens is 274 g/mol. The molecule has 1 aliphatic rings. The van der Waals surface area contributed by atoms with E-state index in [1.165, 1.54) is 11.8 Å². The maximum absolute atomic E-state index is 12.3. The number of amides is 1. The van der Waals surface area contributed by atoms with Crippen molar-refractivity contribution in [2.45, 2.75) is 18.2 Å². The summed E-state index contributed by atoms with van der Waals surface area (Å²) in [6.07, 6.45) is 2.36. The molecule has 0 unspecified atom stereocenters.